The maximum Gasteiger partial charge on any atom is 0.206 e. The molecule has 1 unspecified atom stereocenters. The number of ether oxygens (including phenoxy) is 2. The summed E-state index contributed by atoms with van der Waals surface area (Å²) in [7, 11) is 0. The van der Waals surface area contributed by atoms with E-state index < -0.39 is 5.60 Å². The predicted octanol–water partition coefficient (Wildman–Crippen LogP) is 3.33. The Morgan fingerprint density at radius 3 is 2.67 bits per heavy atom. The van der Waals surface area contributed by atoms with E-state index in [1.807, 2.05) is 32.0 Å². The van der Waals surface area contributed by atoms with Crippen molar-refractivity contribution in [1.82, 2.24) is 0 Å². The topological polar surface area (TPSA) is 55.8 Å². The van der Waals surface area contributed by atoms with Gasteiger partial charge in [0.15, 0.2) is 5.60 Å². The van der Waals surface area contributed by atoms with Gasteiger partial charge >= 0.3 is 0 Å². The number of aryl methyl sites for hydroxylation is 1. The van der Waals surface area contributed by atoms with Crippen molar-refractivity contribution in [2.45, 2.75) is 32.3 Å². The van der Waals surface area contributed by atoms with Crippen molar-refractivity contribution in [3.63, 3.8) is 0 Å². The van der Waals surface area contributed by atoms with Crippen LogP contribution in [0.1, 0.15) is 34.8 Å². The predicted molar refractivity (Wildman–Crippen MR) is 91.9 cm³/mol. The van der Waals surface area contributed by atoms with Crippen LogP contribution < -0.4 is 9.47 Å². The van der Waals surface area contributed by atoms with E-state index in [1.54, 1.807) is 24.3 Å². The number of aliphatic hydroxyl groups is 1. The zero-order valence-electron chi connectivity index (χ0n) is 14.0. The Hall–Kier alpha value is -2.33. The smallest absolute Gasteiger partial charge is 0.206 e. The second-order valence-electron chi connectivity index (χ2n) is 6.14. The fourth-order valence-corrected chi connectivity index (χ4v) is 3.19. The number of fused-ring (bicyclic) bond motifs is 1. The molecule has 1 atom stereocenters. The summed E-state index contributed by atoms with van der Waals surface area (Å²) in [6.07, 6.45) is 0.753. The Bertz CT molecular complexity index is 736. The Balaban J connectivity index is 1.90. The van der Waals surface area contributed by atoms with Gasteiger partial charge in [0.05, 0.1) is 6.61 Å². The third-order valence-electron chi connectivity index (χ3n) is 4.35. The van der Waals surface area contributed by atoms with Crippen LogP contribution in [0.3, 0.4) is 0 Å². The van der Waals surface area contributed by atoms with Crippen molar-refractivity contribution in [1.29, 1.82) is 0 Å². The van der Waals surface area contributed by atoms with Gasteiger partial charge in [-0.25, -0.2) is 0 Å². The number of rotatable bonds is 6. The summed E-state index contributed by atoms with van der Waals surface area (Å²) in [6, 6.07) is 13.0. The number of ketones is 1. The lowest BCUT2D eigenvalue weighted by atomic mass is 9.85. The number of aliphatic hydroxyl groups excluding tert-OH is 1. The minimum Gasteiger partial charge on any atom is -0.494 e. The van der Waals surface area contributed by atoms with E-state index in [4.69, 9.17) is 9.47 Å². The molecule has 3 rings (SSSR count). The zero-order chi connectivity index (χ0) is 17.2. The summed E-state index contributed by atoms with van der Waals surface area (Å²) >= 11 is 0. The van der Waals surface area contributed by atoms with Gasteiger partial charge in [-0.2, -0.15) is 0 Å². The Kier molecular flexibility index (Phi) is 4.58. The SMILES string of the molecule is CCOc1ccc(C(=O)C2(CCO)Cc3cc(C)ccc3O2)cc1. The number of hydrogen-bond donors (Lipinski definition) is 1. The summed E-state index contributed by atoms with van der Waals surface area (Å²) < 4.78 is 11.5. The molecule has 1 heterocycles. The minimum atomic E-state index is -1.03. The first kappa shape index (κ1) is 16.5. The molecule has 0 aliphatic carbocycles. The summed E-state index contributed by atoms with van der Waals surface area (Å²) in [5, 5.41) is 9.48. The molecular weight excluding hydrogens is 304 g/mol. The molecule has 0 saturated carbocycles. The average Bonchev–Trinajstić information content (AvgIpc) is 2.94. The first-order chi connectivity index (χ1) is 11.6. The average molecular weight is 326 g/mol. The molecule has 4 nitrogen and oxygen atoms in total. The lowest BCUT2D eigenvalue weighted by Crippen LogP contribution is -2.44. The molecule has 0 fully saturated rings. The Morgan fingerprint density at radius 1 is 1.25 bits per heavy atom. The van der Waals surface area contributed by atoms with Crippen LogP contribution in [0.4, 0.5) is 0 Å². The third kappa shape index (κ3) is 3.02. The van der Waals surface area contributed by atoms with Crippen LogP contribution in [0.25, 0.3) is 0 Å². The number of hydrogen-bond acceptors (Lipinski definition) is 4. The van der Waals surface area contributed by atoms with Crippen LogP contribution in [0.5, 0.6) is 11.5 Å². The molecule has 1 aliphatic rings. The monoisotopic (exact) mass is 326 g/mol. The van der Waals surface area contributed by atoms with E-state index in [2.05, 4.69) is 0 Å². The lowest BCUT2D eigenvalue weighted by Gasteiger charge is -2.26. The number of carbonyl (C=O) groups is 1. The molecule has 0 saturated heterocycles. The highest BCUT2D eigenvalue weighted by Gasteiger charge is 2.45. The summed E-state index contributed by atoms with van der Waals surface area (Å²) in [5.74, 6) is 1.36. The van der Waals surface area contributed by atoms with Crippen molar-refractivity contribution in [2.24, 2.45) is 0 Å². The van der Waals surface area contributed by atoms with E-state index in [0.29, 0.717) is 18.6 Å². The van der Waals surface area contributed by atoms with Gasteiger partial charge in [-0.1, -0.05) is 17.7 Å². The van der Waals surface area contributed by atoms with Gasteiger partial charge in [0.2, 0.25) is 5.78 Å². The third-order valence-corrected chi connectivity index (χ3v) is 4.35. The molecule has 2 aromatic rings. The van der Waals surface area contributed by atoms with Gasteiger partial charge < -0.3 is 14.6 Å². The first-order valence-corrected chi connectivity index (χ1v) is 8.25. The maximum absolute atomic E-state index is 13.1. The standard InChI is InChI=1S/C20H22O4/c1-3-23-17-7-5-15(6-8-17)19(22)20(10-11-21)13-16-12-14(2)4-9-18(16)24-20/h4-9,12,21H,3,10-11,13H2,1-2H3. The molecule has 0 amide bonds. The van der Waals surface area contributed by atoms with E-state index in [9.17, 15) is 9.90 Å². The number of carbonyl (C=O) groups excluding carboxylic acids is 1. The molecule has 1 N–H and O–H groups in total. The van der Waals surface area contributed by atoms with Crippen molar-refractivity contribution in [3.8, 4) is 11.5 Å². The van der Waals surface area contributed by atoms with E-state index in [-0.39, 0.29) is 18.8 Å². The van der Waals surface area contributed by atoms with Gasteiger partial charge in [0.1, 0.15) is 11.5 Å². The molecule has 0 radical (unpaired) electrons. The molecule has 1 aliphatic heterocycles. The van der Waals surface area contributed by atoms with Gasteiger partial charge in [-0.3, -0.25) is 4.79 Å². The summed E-state index contributed by atoms with van der Waals surface area (Å²) in [5.41, 5.74) is 1.68. The number of benzene rings is 2. The summed E-state index contributed by atoms with van der Waals surface area (Å²) in [4.78, 5) is 13.1. The van der Waals surface area contributed by atoms with Gasteiger partial charge in [0.25, 0.3) is 0 Å². The fourth-order valence-electron chi connectivity index (χ4n) is 3.19. The van der Waals surface area contributed by atoms with Crippen LogP contribution >= 0.6 is 0 Å². The zero-order valence-corrected chi connectivity index (χ0v) is 14.0. The molecule has 0 bridgehead atoms. The van der Waals surface area contributed by atoms with Crippen molar-refractivity contribution >= 4 is 5.78 Å². The molecule has 0 aromatic heterocycles. The minimum absolute atomic E-state index is 0.101. The Labute approximate surface area is 142 Å². The molecule has 24 heavy (non-hydrogen) atoms. The molecule has 0 spiro atoms. The Morgan fingerprint density at radius 2 is 2.00 bits per heavy atom. The van der Waals surface area contributed by atoms with Crippen LogP contribution in [0, 0.1) is 6.92 Å². The van der Waals surface area contributed by atoms with E-state index >= 15 is 0 Å². The second kappa shape index (κ2) is 6.65. The normalized spacial score (nSPS) is 18.8. The van der Waals surface area contributed by atoms with Crippen LogP contribution in [-0.4, -0.2) is 29.7 Å². The first-order valence-electron chi connectivity index (χ1n) is 8.25. The fraction of sp³-hybridized carbons (Fsp3) is 0.350. The lowest BCUT2D eigenvalue weighted by molar-refractivity contribution is 0.0427. The van der Waals surface area contributed by atoms with Gasteiger partial charge in [-0.15, -0.1) is 0 Å². The van der Waals surface area contributed by atoms with Crippen molar-refractivity contribution < 1.29 is 19.4 Å². The summed E-state index contributed by atoms with van der Waals surface area (Å²) in [6.45, 7) is 4.41. The molecule has 126 valence electrons. The maximum atomic E-state index is 13.1. The highest BCUT2D eigenvalue weighted by atomic mass is 16.5. The van der Waals surface area contributed by atoms with Crippen LogP contribution in [-0.2, 0) is 6.42 Å². The molecule has 2 aromatic carbocycles. The molecular formula is C20H22O4. The quantitative estimate of drug-likeness (QED) is 0.827. The molecule has 4 heteroatoms. The van der Waals surface area contributed by atoms with Crippen LogP contribution in [0.15, 0.2) is 42.5 Å². The highest BCUT2D eigenvalue weighted by Crippen LogP contribution is 2.39. The van der Waals surface area contributed by atoms with E-state index in [1.165, 1.54) is 0 Å². The number of Topliss-reactive ketones (excluding diaryl/α,β-unsaturated/α-hetero) is 1. The van der Waals surface area contributed by atoms with Gasteiger partial charge in [0, 0.05) is 25.0 Å². The highest BCUT2D eigenvalue weighted by molar-refractivity contribution is 6.03. The second-order valence-corrected chi connectivity index (χ2v) is 6.14. The van der Waals surface area contributed by atoms with Crippen molar-refractivity contribution in [3.05, 3.63) is 59.2 Å². The van der Waals surface area contributed by atoms with Gasteiger partial charge in [-0.05, 0) is 49.7 Å². The van der Waals surface area contributed by atoms with Crippen LogP contribution in [0.2, 0.25) is 0 Å². The largest absolute Gasteiger partial charge is 0.494 e. The van der Waals surface area contributed by atoms with E-state index in [0.717, 1.165) is 22.6 Å². The van der Waals surface area contributed by atoms with Crippen molar-refractivity contribution in [2.75, 3.05) is 13.2 Å².